The summed E-state index contributed by atoms with van der Waals surface area (Å²) < 4.78 is 2.13. The zero-order chi connectivity index (χ0) is 17.3. The number of fused-ring (bicyclic) bond motifs is 1. The summed E-state index contributed by atoms with van der Waals surface area (Å²) in [7, 11) is 0. The van der Waals surface area contributed by atoms with Gasteiger partial charge in [-0.2, -0.15) is 11.3 Å². The van der Waals surface area contributed by atoms with Gasteiger partial charge in [-0.3, -0.25) is 4.79 Å². The van der Waals surface area contributed by atoms with Gasteiger partial charge in [0, 0.05) is 31.4 Å². The molecule has 2 aromatic heterocycles. The fourth-order valence-corrected chi connectivity index (χ4v) is 5.21. The maximum Gasteiger partial charge on any atom is 0.225 e. The Balaban J connectivity index is 1.47. The van der Waals surface area contributed by atoms with Crippen molar-refractivity contribution in [1.82, 2.24) is 9.47 Å². The number of nitrogens with zero attached hydrogens (tertiary/aromatic N) is 2. The van der Waals surface area contributed by atoms with Gasteiger partial charge in [-0.15, -0.1) is 0 Å². The molecular formula is C20H26N2O2S. The predicted molar refractivity (Wildman–Crippen MR) is 99.6 cm³/mol. The predicted octanol–water partition coefficient (Wildman–Crippen LogP) is 3.68. The maximum absolute atomic E-state index is 13.0. The van der Waals surface area contributed by atoms with Crippen LogP contribution in [0.15, 0.2) is 41.4 Å². The van der Waals surface area contributed by atoms with E-state index >= 15 is 0 Å². The topological polar surface area (TPSA) is 45.5 Å². The second-order valence-electron chi connectivity index (χ2n) is 7.54. The molecule has 2 aliphatic rings. The van der Waals surface area contributed by atoms with Crippen molar-refractivity contribution in [2.45, 2.75) is 50.2 Å². The molecule has 25 heavy (non-hydrogen) atoms. The molecule has 4 nitrogen and oxygen atoms in total. The molecule has 3 atom stereocenters. The second kappa shape index (κ2) is 6.96. The Morgan fingerprint density at radius 2 is 2.16 bits per heavy atom. The van der Waals surface area contributed by atoms with Crippen molar-refractivity contribution in [2.75, 3.05) is 13.1 Å². The van der Waals surface area contributed by atoms with Crippen LogP contribution in [0.2, 0.25) is 0 Å². The monoisotopic (exact) mass is 358 g/mol. The van der Waals surface area contributed by atoms with Gasteiger partial charge < -0.3 is 14.6 Å². The van der Waals surface area contributed by atoms with Gasteiger partial charge in [0.15, 0.2) is 0 Å². The Kier molecular flexibility index (Phi) is 4.69. The zero-order valence-electron chi connectivity index (χ0n) is 14.5. The van der Waals surface area contributed by atoms with Crippen LogP contribution >= 0.6 is 11.3 Å². The highest BCUT2D eigenvalue weighted by molar-refractivity contribution is 7.08. The average molecular weight is 359 g/mol. The van der Waals surface area contributed by atoms with E-state index in [1.807, 2.05) is 29.4 Å². The number of aromatic nitrogens is 1. The van der Waals surface area contributed by atoms with Crippen LogP contribution in [0.3, 0.4) is 0 Å². The molecule has 1 aliphatic carbocycles. The smallest absolute Gasteiger partial charge is 0.225 e. The Morgan fingerprint density at radius 3 is 2.92 bits per heavy atom. The molecule has 1 saturated heterocycles. The van der Waals surface area contributed by atoms with Crippen molar-refractivity contribution in [3.63, 3.8) is 0 Å². The number of piperidine rings is 1. The number of hydrogen-bond acceptors (Lipinski definition) is 3. The van der Waals surface area contributed by atoms with Gasteiger partial charge in [0.2, 0.25) is 5.91 Å². The van der Waals surface area contributed by atoms with E-state index in [0.29, 0.717) is 13.0 Å². The quantitative estimate of drug-likeness (QED) is 0.906. The van der Waals surface area contributed by atoms with Crippen LogP contribution in [0.5, 0.6) is 0 Å². The molecule has 2 fully saturated rings. The summed E-state index contributed by atoms with van der Waals surface area (Å²) in [4.78, 5) is 15.0. The number of carbonyl (C=O) groups is 1. The first-order chi connectivity index (χ1) is 12.2. The normalized spacial score (nSPS) is 27.7. The fraction of sp³-hybridized carbons (Fsp3) is 0.550. The Hall–Kier alpha value is -1.59. The molecule has 0 aromatic carbocycles. The van der Waals surface area contributed by atoms with E-state index in [2.05, 4.69) is 21.4 Å². The van der Waals surface area contributed by atoms with Crippen molar-refractivity contribution in [3.05, 3.63) is 46.9 Å². The van der Waals surface area contributed by atoms with Crippen molar-refractivity contribution in [1.29, 1.82) is 0 Å². The van der Waals surface area contributed by atoms with E-state index in [9.17, 15) is 9.90 Å². The number of hydrogen-bond donors (Lipinski definition) is 1. The van der Waals surface area contributed by atoms with Crippen molar-refractivity contribution < 1.29 is 9.90 Å². The van der Waals surface area contributed by atoms with E-state index in [1.54, 1.807) is 11.3 Å². The minimum absolute atomic E-state index is 0.0564. The molecule has 1 N–H and O–H groups in total. The van der Waals surface area contributed by atoms with Crippen LogP contribution in [-0.2, 0) is 4.79 Å². The molecule has 0 unspecified atom stereocenters. The highest BCUT2D eigenvalue weighted by Gasteiger charge is 2.43. The lowest BCUT2D eigenvalue weighted by molar-refractivity contribution is -0.143. The molecule has 4 rings (SSSR count). The molecule has 0 bridgehead atoms. The first-order valence-corrected chi connectivity index (χ1v) is 10.2. The van der Waals surface area contributed by atoms with Gasteiger partial charge in [-0.25, -0.2) is 0 Å². The van der Waals surface area contributed by atoms with Gasteiger partial charge >= 0.3 is 0 Å². The molecule has 2 aromatic rings. The lowest BCUT2D eigenvalue weighted by atomic mass is 9.71. The number of likely N-dealkylation sites (tertiary alicyclic amines) is 1. The molecule has 1 aliphatic heterocycles. The fourth-order valence-electron chi connectivity index (χ4n) is 4.51. The van der Waals surface area contributed by atoms with Crippen LogP contribution in [0.4, 0.5) is 0 Å². The van der Waals surface area contributed by atoms with Crippen LogP contribution in [-0.4, -0.2) is 39.2 Å². The second-order valence-corrected chi connectivity index (χ2v) is 8.32. The van der Waals surface area contributed by atoms with Gasteiger partial charge in [0.05, 0.1) is 18.1 Å². The van der Waals surface area contributed by atoms with Gasteiger partial charge in [-0.1, -0.05) is 12.8 Å². The van der Waals surface area contributed by atoms with E-state index in [4.69, 9.17) is 0 Å². The molecule has 5 heteroatoms. The summed E-state index contributed by atoms with van der Waals surface area (Å²) in [6, 6.07) is 6.18. The summed E-state index contributed by atoms with van der Waals surface area (Å²) in [6.45, 7) is 1.41. The van der Waals surface area contributed by atoms with Crippen LogP contribution in [0.1, 0.15) is 50.1 Å². The molecule has 3 heterocycles. The first-order valence-electron chi connectivity index (χ1n) is 9.30. The standard InChI is InChI=1S/C20H26N2O2S/c23-19(22-11-8-20(24)7-2-1-5-17(20)14-22)13-18(16-6-12-25-15-16)21-9-3-4-10-21/h3-4,6,9-10,12,15,17-18,24H,1-2,5,7-8,11,13-14H2/t17-,18+,20-/m0/s1. The van der Waals surface area contributed by atoms with Gasteiger partial charge in [0.25, 0.3) is 0 Å². The first kappa shape index (κ1) is 16.9. The number of carbonyl (C=O) groups excluding carboxylic acids is 1. The summed E-state index contributed by atoms with van der Waals surface area (Å²) in [5.74, 6) is 0.461. The summed E-state index contributed by atoms with van der Waals surface area (Å²) in [5, 5.41) is 15.0. The molecule has 134 valence electrons. The van der Waals surface area contributed by atoms with Crippen molar-refractivity contribution in [3.8, 4) is 0 Å². The number of rotatable bonds is 4. The minimum Gasteiger partial charge on any atom is -0.389 e. The van der Waals surface area contributed by atoms with Crippen molar-refractivity contribution >= 4 is 17.2 Å². The van der Waals surface area contributed by atoms with Crippen LogP contribution in [0, 0.1) is 5.92 Å². The van der Waals surface area contributed by atoms with Crippen molar-refractivity contribution in [2.24, 2.45) is 5.92 Å². The molecule has 0 radical (unpaired) electrons. The SMILES string of the molecule is O=C(C[C@H](c1ccsc1)n1cccc1)N1CC[C@@]2(O)CCCC[C@H]2C1. The number of amides is 1. The van der Waals surface area contributed by atoms with E-state index in [0.717, 1.165) is 32.2 Å². The lowest BCUT2D eigenvalue weighted by Gasteiger charge is -2.47. The van der Waals surface area contributed by atoms with E-state index in [1.165, 1.54) is 12.0 Å². The molecule has 1 amide bonds. The van der Waals surface area contributed by atoms with Crippen LogP contribution < -0.4 is 0 Å². The highest BCUT2D eigenvalue weighted by atomic mass is 32.1. The highest BCUT2D eigenvalue weighted by Crippen LogP contribution is 2.40. The molecular weight excluding hydrogens is 332 g/mol. The average Bonchev–Trinajstić information content (AvgIpc) is 3.32. The van der Waals surface area contributed by atoms with Gasteiger partial charge in [0.1, 0.15) is 0 Å². The van der Waals surface area contributed by atoms with E-state index in [-0.39, 0.29) is 17.9 Å². The Labute approximate surface area is 153 Å². The summed E-state index contributed by atoms with van der Waals surface area (Å²) in [5.41, 5.74) is 0.670. The molecule has 0 spiro atoms. The van der Waals surface area contributed by atoms with E-state index < -0.39 is 5.60 Å². The summed E-state index contributed by atoms with van der Waals surface area (Å²) >= 11 is 1.67. The number of aliphatic hydroxyl groups is 1. The Bertz CT molecular complexity index is 663. The third-order valence-corrected chi connectivity index (χ3v) is 6.77. The molecule has 1 saturated carbocycles. The largest absolute Gasteiger partial charge is 0.389 e. The summed E-state index contributed by atoms with van der Waals surface area (Å²) in [6.07, 6.45) is 9.53. The minimum atomic E-state index is -0.526. The third kappa shape index (κ3) is 3.40. The number of thiophene rings is 1. The van der Waals surface area contributed by atoms with Gasteiger partial charge in [-0.05, 0) is 53.8 Å². The third-order valence-electron chi connectivity index (χ3n) is 6.06. The maximum atomic E-state index is 13.0. The Morgan fingerprint density at radius 1 is 1.32 bits per heavy atom. The zero-order valence-corrected chi connectivity index (χ0v) is 15.3. The lowest BCUT2D eigenvalue weighted by Crippen LogP contribution is -2.54. The van der Waals surface area contributed by atoms with Crippen LogP contribution in [0.25, 0.3) is 0 Å².